The summed E-state index contributed by atoms with van der Waals surface area (Å²) in [5.74, 6) is 6.61. The number of aromatic nitrogens is 2. The second kappa shape index (κ2) is 10.4. The Morgan fingerprint density at radius 2 is 1.97 bits per heavy atom. The zero-order valence-electron chi connectivity index (χ0n) is 19.4. The minimum absolute atomic E-state index is 0.0777. The van der Waals surface area contributed by atoms with Crippen LogP contribution in [0.2, 0.25) is 0 Å². The van der Waals surface area contributed by atoms with E-state index in [1.54, 1.807) is 29.8 Å². The van der Waals surface area contributed by atoms with Gasteiger partial charge in [-0.25, -0.2) is 4.79 Å². The largest absolute Gasteiger partial charge is 0.497 e. The molecule has 4 amide bonds. The third-order valence-electron chi connectivity index (χ3n) is 5.04. The van der Waals surface area contributed by atoms with Gasteiger partial charge in [0.2, 0.25) is 5.91 Å². The lowest BCUT2D eigenvalue weighted by atomic mass is 10.1. The fraction of sp³-hybridized carbons (Fsp3) is 0.250. The van der Waals surface area contributed by atoms with E-state index < -0.39 is 11.9 Å². The maximum Gasteiger partial charge on any atom is 0.322 e. The Bertz CT molecular complexity index is 1320. The number of aryl methyl sites for hydroxylation is 1. The smallest absolute Gasteiger partial charge is 0.322 e. The van der Waals surface area contributed by atoms with Crippen molar-refractivity contribution in [1.29, 1.82) is 0 Å². The van der Waals surface area contributed by atoms with Gasteiger partial charge in [-0.05, 0) is 35.9 Å². The highest BCUT2D eigenvalue weighted by Crippen LogP contribution is 2.25. The molecule has 10 nitrogen and oxygen atoms in total. The molecule has 2 aromatic carbocycles. The van der Waals surface area contributed by atoms with Crippen molar-refractivity contribution in [3.05, 3.63) is 53.1 Å². The molecule has 2 heterocycles. The lowest BCUT2D eigenvalue weighted by Crippen LogP contribution is -2.38. The number of urea groups is 1. The number of carbonyl (C=O) groups excluding carboxylic acids is 3. The number of fused-ring (bicyclic) bond motifs is 2. The van der Waals surface area contributed by atoms with Gasteiger partial charge in [-0.2, -0.15) is 5.10 Å². The minimum Gasteiger partial charge on any atom is -0.497 e. The van der Waals surface area contributed by atoms with Gasteiger partial charge < -0.3 is 20.7 Å². The van der Waals surface area contributed by atoms with Gasteiger partial charge in [0.05, 0.1) is 19.2 Å². The number of hydrogen-bond acceptors (Lipinski definition) is 6. The van der Waals surface area contributed by atoms with Crippen molar-refractivity contribution >= 4 is 34.6 Å². The summed E-state index contributed by atoms with van der Waals surface area (Å²) in [6.45, 7) is 2.11. The number of ether oxygens (including phenoxy) is 1. The highest BCUT2D eigenvalue weighted by Gasteiger charge is 2.24. The highest BCUT2D eigenvalue weighted by molar-refractivity contribution is 5.98. The number of imide groups is 1. The Kier molecular flexibility index (Phi) is 7.38. The molecule has 176 valence electrons. The number of amides is 4. The fourth-order valence-corrected chi connectivity index (χ4v) is 3.39. The number of rotatable bonds is 2. The number of nitrogens with two attached hydrogens (primary N) is 1. The SMILES string of the molecule is CC(=O)NC(=O)NCC#Cc1ccc2c(N)nn(C)c2c1.COc1ccc2c(c1)C(=O)N(C)C2. The average Bonchev–Trinajstić information content (AvgIpc) is 3.25. The molecule has 34 heavy (non-hydrogen) atoms. The van der Waals surface area contributed by atoms with Crippen LogP contribution in [0.15, 0.2) is 36.4 Å². The molecule has 1 aliphatic heterocycles. The van der Waals surface area contributed by atoms with Gasteiger partial charge in [-0.3, -0.25) is 19.6 Å². The maximum absolute atomic E-state index is 11.5. The van der Waals surface area contributed by atoms with Crippen molar-refractivity contribution in [2.24, 2.45) is 7.05 Å². The summed E-state index contributed by atoms with van der Waals surface area (Å²) in [6.07, 6.45) is 0. The van der Waals surface area contributed by atoms with Crippen LogP contribution in [0, 0.1) is 11.8 Å². The molecule has 4 rings (SSSR count). The Morgan fingerprint density at radius 1 is 1.21 bits per heavy atom. The van der Waals surface area contributed by atoms with Crippen molar-refractivity contribution in [2.45, 2.75) is 13.5 Å². The first kappa shape index (κ1) is 24.1. The van der Waals surface area contributed by atoms with Crippen LogP contribution >= 0.6 is 0 Å². The van der Waals surface area contributed by atoms with Gasteiger partial charge in [0.1, 0.15) is 5.75 Å². The third-order valence-corrected chi connectivity index (χ3v) is 5.04. The summed E-state index contributed by atoms with van der Waals surface area (Å²) < 4.78 is 6.74. The molecule has 0 saturated carbocycles. The van der Waals surface area contributed by atoms with Gasteiger partial charge >= 0.3 is 6.03 Å². The first-order valence-corrected chi connectivity index (χ1v) is 10.4. The van der Waals surface area contributed by atoms with Crippen molar-refractivity contribution in [3.63, 3.8) is 0 Å². The van der Waals surface area contributed by atoms with Crippen LogP contribution in [0.4, 0.5) is 10.6 Å². The van der Waals surface area contributed by atoms with Gasteiger partial charge in [-0.1, -0.05) is 17.9 Å². The average molecular weight is 463 g/mol. The summed E-state index contributed by atoms with van der Waals surface area (Å²) in [7, 11) is 5.21. The molecule has 10 heteroatoms. The molecule has 1 aromatic heterocycles. The number of anilines is 1. The predicted molar refractivity (Wildman–Crippen MR) is 128 cm³/mol. The van der Waals surface area contributed by atoms with Crippen LogP contribution in [0.25, 0.3) is 10.9 Å². The summed E-state index contributed by atoms with van der Waals surface area (Å²) in [4.78, 5) is 35.0. The molecular formula is C24H26N6O4. The van der Waals surface area contributed by atoms with Crippen LogP contribution in [-0.2, 0) is 18.4 Å². The van der Waals surface area contributed by atoms with Gasteiger partial charge in [-0.15, -0.1) is 0 Å². The van der Waals surface area contributed by atoms with Crippen molar-refractivity contribution in [1.82, 2.24) is 25.3 Å². The lowest BCUT2D eigenvalue weighted by Gasteiger charge is -2.04. The summed E-state index contributed by atoms with van der Waals surface area (Å²) in [5, 5.41) is 9.55. The molecule has 0 atom stereocenters. The van der Waals surface area contributed by atoms with Crippen LogP contribution in [-0.4, -0.2) is 53.2 Å². The van der Waals surface area contributed by atoms with E-state index in [4.69, 9.17) is 10.5 Å². The zero-order chi connectivity index (χ0) is 24.8. The van der Waals surface area contributed by atoms with Crippen molar-refractivity contribution in [3.8, 4) is 17.6 Å². The third kappa shape index (κ3) is 5.63. The Balaban J connectivity index is 0.000000212. The molecule has 0 unspecified atom stereocenters. The monoisotopic (exact) mass is 462 g/mol. The summed E-state index contributed by atoms with van der Waals surface area (Å²) in [6, 6.07) is 10.6. The minimum atomic E-state index is -0.563. The zero-order valence-corrected chi connectivity index (χ0v) is 19.4. The summed E-state index contributed by atoms with van der Waals surface area (Å²) in [5.41, 5.74) is 9.30. The van der Waals surface area contributed by atoms with Gasteiger partial charge in [0, 0.05) is 44.1 Å². The maximum atomic E-state index is 11.5. The second-order valence-electron chi connectivity index (χ2n) is 7.59. The van der Waals surface area contributed by atoms with Crippen LogP contribution in [0.5, 0.6) is 5.75 Å². The topological polar surface area (TPSA) is 132 Å². The number of nitrogens with one attached hydrogen (secondary N) is 2. The van der Waals surface area contributed by atoms with E-state index in [0.29, 0.717) is 12.4 Å². The molecule has 0 aliphatic carbocycles. The number of benzene rings is 2. The first-order valence-electron chi connectivity index (χ1n) is 10.4. The Labute approximate surface area is 197 Å². The normalized spacial score (nSPS) is 11.6. The number of nitrogens with zero attached hydrogens (tertiary/aromatic N) is 3. The first-order chi connectivity index (χ1) is 16.2. The van der Waals surface area contributed by atoms with E-state index in [1.165, 1.54) is 6.92 Å². The number of carbonyl (C=O) groups is 3. The highest BCUT2D eigenvalue weighted by atomic mass is 16.5. The number of methoxy groups -OCH3 is 1. The molecule has 1 aliphatic rings. The van der Waals surface area contributed by atoms with Gasteiger partial charge in [0.15, 0.2) is 5.82 Å². The lowest BCUT2D eigenvalue weighted by molar-refractivity contribution is -0.117. The molecule has 3 aromatic rings. The summed E-state index contributed by atoms with van der Waals surface area (Å²) >= 11 is 0. The van der Waals surface area contributed by atoms with E-state index >= 15 is 0 Å². The van der Waals surface area contributed by atoms with Crippen molar-refractivity contribution in [2.75, 3.05) is 26.4 Å². The van der Waals surface area contributed by atoms with Crippen LogP contribution in [0.3, 0.4) is 0 Å². The van der Waals surface area contributed by atoms with E-state index in [-0.39, 0.29) is 12.5 Å². The Morgan fingerprint density at radius 3 is 2.68 bits per heavy atom. The van der Waals surface area contributed by atoms with E-state index in [9.17, 15) is 14.4 Å². The fourth-order valence-electron chi connectivity index (χ4n) is 3.39. The van der Waals surface area contributed by atoms with E-state index in [2.05, 4.69) is 27.6 Å². The molecule has 0 bridgehead atoms. The number of hydrogen-bond donors (Lipinski definition) is 3. The Hall–Kier alpha value is -4.52. The molecule has 0 fully saturated rings. The molecule has 0 saturated heterocycles. The standard InChI is InChI=1S/C14H15N5O2.C10H11NO2/c1-9(20)17-14(21)16-7-3-4-10-5-6-11-12(8-10)19(2)18-13(11)15;1-11-6-7-3-4-8(13-2)5-9(7)10(11)12/h5-6,8H,7H2,1-2H3,(H2,15,18)(H2,16,17,20,21);3-5H,6H2,1-2H3. The quantitative estimate of drug-likeness (QED) is 0.496. The second-order valence-corrected chi connectivity index (χ2v) is 7.59. The van der Waals surface area contributed by atoms with Crippen LogP contribution in [0.1, 0.15) is 28.4 Å². The molecule has 0 spiro atoms. The number of nitrogen functional groups attached to an aromatic ring is 1. The predicted octanol–water partition coefficient (Wildman–Crippen LogP) is 1.63. The molecule has 4 N–H and O–H groups in total. The van der Waals surface area contributed by atoms with E-state index in [0.717, 1.165) is 33.3 Å². The van der Waals surface area contributed by atoms with Crippen LogP contribution < -0.4 is 21.1 Å². The molecule has 0 radical (unpaired) electrons. The van der Waals surface area contributed by atoms with E-state index in [1.807, 2.05) is 37.4 Å². The van der Waals surface area contributed by atoms with Gasteiger partial charge in [0.25, 0.3) is 5.91 Å². The molecular weight excluding hydrogens is 436 g/mol. The van der Waals surface area contributed by atoms with Crippen molar-refractivity contribution < 1.29 is 19.1 Å².